The second-order valence-corrected chi connectivity index (χ2v) is 7.25. The maximum atomic E-state index is 11.4. The van der Waals surface area contributed by atoms with Gasteiger partial charge in [-0.3, -0.25) is 4.79 Å². The maximum Gasteiger partial charge on any atom is 0.492 e. The van der Waals surface area contributed by atoms with Gasteiger partial charge < -0.3 is 14.6 Å². The van der Waals surface area contributed by atoms with Crippen LogP contribution in [-0.2, 0) is 20.5 Å². The third-order valence-electron chi connectivity index (χ3n) is 4.76. The van der Waals surface area contributed by atoms with Gasteiger partial charge in [0.1, 0.15) is 0 Å². The van der Waals surface area contributed by atoms with Crippen LogP contribution in [0.25, 0.3) is 6.08 Å². The highest BCUT2D eigenvalue weighted by molar-refractivity contribution is 6.56. The largest absolute Gasteiger partial charge is 0.492 e. The smallest absolute Gasteiger partial charge is 0.400 e. The molecule has 6 heteroatoms. The van der Waals surface area contributed by atoms with Gasteiger partial charge in [-0.05, 0) is 44.3 Å². The van der Waals surface area contributed by atoms with E-state index in [0.717, 1.165) is 16.6 Å². The average molecular weight is 340 g/mol. The molecule has 0 saturated carbocycles. The van der Waals surface area contributed by atoms with Gasteiger partial charge in [-0.1, -0.05) is 30.3 Å². The zero-order valence-corrected chi connectivity index (χ0v) is 15.6. The Kier molecular flexibility index (Phi) is 5.71. The van der Waals surface area contributed by atoms with Gasteiger partial charge in [0.25, 0.3) is 0 Å². The molecule has 0 unspecified atom stereocenters. The Balaban J connectivity index is 2.37. The Morgan fingerprint density at radius 1 is 1.24 bits per heavy atom. The van der Waals surface area contributed by atoms with Gasteiger partial charge in [-0.2, -0.15) is 5.26 Å². The van der Waals surface area contributed by atoms with E-state index in [2.05, 4.69) is 11.4 Å². The molecular weight excluding hydrogens is 315 g/mol. The van der Waals surface area contributed by atoms with Crippen molar-refractivity contribution in [2.24, 2.45) is 0 Å². The van der Waals surface area contributed by atoms with E-state index >= 15 is 0 Å². The summed E-state index contributed by atoms with van der Waals surface area (Å²) in [5.74, 6) is -0.118. The van der Waals surface area contributed by atoms with Crippen LogP contribution in [0.15, 0.2) is 29.7 Å². The molecule has 1 amide bonds. The standard InChI is InChI=1S/C19H25BN2O3/c1-14(23)22-13-17(20-24-18(2,3)19(4,5)25-20)12-16-9-7-6-8-15(16)10-11-21/h6-9,12H,10,13H2,1-5H3,(H,22,23). The molecule has 1 N–H and O–H groups in total. The Morgan fingerprint density at radius 3 is 2.40 bits per heavy atom. The molecular formula is C19H25BN2O3. The lowest BCUT2D eigenvalue weighted by molar-refractivity contribution is -0.118. The summed E-state index contributed by atoms with van der Waals surface area (Å²) in [4.78, 5) is 11.4. The molecule has 0 atom stereocenters. The first-order valence-electron chi connectivity index (χ1n) is 8.41. The first-order chi connectivity index (χ1) is 11.7. The Morgan fingerprint density at radius 2 is 1.84 bits per heavy atom. The maximum absolute atomic E-state index is 11.4. The number of nitrogens with zero attached hydrogens (tertiary/aromatic N) is 1. The highest BCUT2D eigenvalue weighted by Crippen LogP contribution is 2.38. The van der Waals surface area contributed by atoms with Gasteiger partial charge in [-0.25, -0.2) is 0 Å². The van der Waals surface area contributed by atoms with E-state index in [9.17, 15) is 4.79 Å². The fourth-order valence-electron chi connectivity index (χ4n) is 2.54. The molecule has 0 aromatic heterocycles. The van der Waals surface area contributed by atoms with Gasteiger partial charge >= 0.3 is 7.12 Å². The highest BCUT2D eigenvalue weighted by Gasteiger charge is 2.52. The van der Waals surface area contributed by atoms with Crippen LogP contribution in [0.4, 0.5) is 0 Å². The highest BCUT2D eigenvalue weighted by atomic mass is 16.7. The molecule has 1 saturated heterocycles. The summed E-state index contributed by atoms with van der Waals surface area (Å²) in [6.07, 6.45) is 2.27. The van der Waals surface area contributed by atoms with Crippen LogP contribution in [0.3, 0.4) is 0 Å². The zero-order chi connectivity index (χ0) is 18.7. The molecule has 25 heavy (non-hydrogen) atoms. The summed E-state index contributed by atoms with van der Waals surface area (Å²) in [5, 5.41) is 11.8. The predicted octanol–water partition coefficient (Wildman–Crippen LogP) is 2.90. The second-order valence-electron chi connectivity index (χ2n) is 7.25. The van der Waals surface area contributed by atoms with Crippen molar-refractivity contribution in [3.8, 4) is 6.07 Å². The summed E-state index contributed by atoms with van der Waals surface area (Å²) in [6.45, 7) is 9.77. The number of hydrogen-bond donors (Lipinski definition) is 1. The van der Waals surface area contributed by atoms with Crippen molar-refractivity contribution in [2.75, 3.05) is 6.54 Å². The minimum absolute atomic E-state index is 0.118. The molecule has 1 aromatic rings. The van der Waals surface area contributed by atoms with E-state index in [4.69, 9.17) is 14.6 Å². The molecule has 1 aliphatic rings. The number of benzene rings is 1. The van der Waals surface area contributed by atoms with Crippen LogP contribution in [-0.4, -0.2) is 30.8 Å². The van der Waals surface area contributed by atoms with Crippen molar-refractivity contribution in [3.63, 3.8) is 0 Å². The second kappa shape index (κ2) is 7.43. The number of carbonyl (C=O) groups is 1. The van der Waals surface area contributed by atoms with E-state index < -0.39 is 18.3 Å². The van der Waals surface area contributed by atoms with E-state index in [-0.39, 0.29) is 5.91 Å². The molecule has 1 aliphatic heterocycles. The summed E-state index contributed by atoms with van der Waals surface area (Å²) < 4.78 is 12.2. The monoisotopic (exact) mass is 340 g/mol. The summed E-state index contributed by atoms with van der Waals surface area (Å²) >= 11 is 0. The number of hydrogen-bond acceptors (Lipinski definition) is 4. The van der Waals surface area contributed by atoms with Crippen molar-refractivity contribution in [1.82, 2.24) is 5.32 Å². The van der Waals surface area contributed by atoms with Gasteiger partial charge in [0.2, 0.25) is 5.91 Å². The lowest BCUT2D eigenvalue weighted by Crippen LogP contribution is -2.41. The van der Waals surface area contributed by atoms with Crippen molar-refractivity contribution in [1.29, 1.82) is 5.26 Å². The van der Waals surface area contributed by atoms with Crippen LogP contribution >= 0.6 is 0 Å². The lowest BCUT2D eigenvalue weighted by Gasteiger charge is -2.32. The van der Waals surface area contributed by atoms with Crippen LogP contribution in [0.2, 0.25) is 0 Å². The fourth-order valence-corrected chi connectivity index (χ4v) is 2.54. The number of nitriles is 1. The van der Waals surface area contributed by atoms with Crippen LogP contribution < -0.4 is 5.32 Å². The quantitative estimate of drug-likeness (QED) is 0.837. The molecule has 132 valence electrons. The molecule has 1 fully saturated rings. The molecule has 0 radical (unpaired) electrons. The molecule has 0 aliphatic carbocycles. The van der Waals surface area contributed by atoms with E-state index in [1.54, 1.807) is 0 Å². The molecule has 0 spiro atoms. The van der Waals surface area contributed by atoms with Crippen molar-refractivity contribution >= 4 is 19.1 Å². The van der Waals surface area contributed by atoms with E-state index in [1.165, 1.54) is 6.92 Å². The van der Waals surface area contributed by atoms with Crippen LogP contribution in [0.5, 0.6) is 0 Å². The van der Waals surface area contributed by atoms with E-state index in [0.29, 0.717) is 13.0 Å². The van der Waals surface area contributed by atoms with Crippen LogP contribution in [0.1, 0.15) is 45.7 Å². The number of carbonyl (C=O) groups excluding carboxylic acids is 1. The normalized spacial score (nSPS) is 18.7. The van der Waals surface area contributed by atoms with Gasteiger partial charge in [-0.15, -0.1) is 0 Å². The molecule has 2 rings (SSSR count). The SMILES string of the molecule is CC(=O)NCC(=Cc1ccccc1CC#N)B1OC(C)(C)C(C)(C)O1. The summed E-state index contributed by atoms with van der Waals surface area (Å²) in [5.41, 5.74) is 1.76. The summed E-state index contributed by atoms with van der Waals surface area (Å²) in [7, 11) is -0.549. The summed E-state index contributed by atoms with van der Waals surface area (Å²) in [6, 6.07) is 9.89. The van der Waals surface area contributed by atoms with Crippen molar-refractivity contribution in [3.05, 3.63) is 40.9 Å². The van der Waals surface area contributed by atoms with Gasteiger partial charge in [0, 0.05) is 13.5 Å². The lowest BCUT2D eigenvalue weighted by atomic mass is 9.76. The van der Waals surface area contributed by atoms with E-state index in [1.807, 2.05) is 58.0 Å². The van der Waals surface area contributed by atoms with Crippen molar-refractivity contribution < 1.29 is 14.1 Å². The zero-order valence-electron chi connectivity index (χ0n) is 15.6. The third kappa shape index (κ3) is 4.50. The Hall–Kier alpha value is -2.10. The van der Waals surface area contributed by atoms with Crippen molar-refractivity contribution in [2.45, 2.75) is 52.2 Å². The third-order valence-corrected chi connectivity index (χ3v) is 4.76. The topological polar surface area (TPSA) is 71.4 Å². The first kappa shape index (κ1) is 19.2. The molecule has 5 nitrogen and oxygen atoms in total. The first-order valence-corrected chi connectivity index (χ1v) is 8.41. The minimum Gasteiger partial charge on any atom is -0.400 e. The Bertz CT molecular complexity index is 704. The number of amides is 1. The van der Waals surface area contributed by atoms with Gasteiger partial charge in [0.05, 0.1) is 23.7 Å². The Labute approximate surface area is 150 Å². The molecule has 0 bridgehead atoms. The number of rotatable bonds is 5. The average Bonchev–Trinajstić information content (AvgIpc) is 2.73. The fraction of sp³-hybridized carbons (Fsp3) is 0.474. The number of nitrogens with one attached hydrogen (secondary N) is 1. The molecule has 1 heterocycles. The molecule has 1 aromatic carbocycles. The van der Waals surface area contributed by atoms with Gasteiger partial charge in [0.15, 0.2) is 0 Å². The predicted molar refractivity (Wildman–Crippen MR) is 98.5 cm³/mol. The minimum atomic E-state index is -0.549. The van der Waals surface area contributed by atoms with Crippen LogP contribution in [0, 0.1) is 11.3 Å².